The van der Waals surface area contributed by atoms with Crippen LogP contribution in [-0.2, 0) is 11.4 Å². The van der Waals surface area contributed by atoms with Crippen molar-refractivity contribution in [3.8, 4) is 17.6 Å². The molecule has 0 saturated heterocycles. The Morgan fingerprint density at radius 3 is 2.46 bits per heavy atom. The van der Waals surface area contributed by atoms with Crippen LogP contribution in [0.1, 0.15) is 11.1 Å². The molecule has 0 bridgehead atoms. The van der Waals surface area contributed by atoms with E-state index in [-0.39, 0.29) is 22.9 Å². The van der Waals surface area contributed by atoms with Crippen LogP contribution in [0.25, 0.3) is 6.08 Å². The third kappa shape index (κ3) is 6.73. The van der Waals surface area contributed by atoms with Crippen molar-refractivity contribution in [2.24, 2.45) is 0 Å². The van der Waals surface area contributed by atoms with E-state index >= 15 is 0 Å². The largest absolute Gasteiger partial charge is 0.493 e. The van der Waals surface area contributed by atoms with Gasteiger partial charge in [0.1, 0.15) is 18.2 Å². The second kappa shape index (κ2) is 11.7. The van der Waals surface area contributed by atoms with E-state index in [0.29, 0.717) is 32.2 Å². The predicted octanol–water partition coefficient (Wildman–Crippen LogP) is 6.80. The Hall–Kier alpha value is -3.58. The molecule has 35 heavy (non-hydrogen) atoms. The van der Waals surface area contributed by atoms with Crippen molar-refractivity contribution in [1.29, 1.82) is 5.26 Å². The zero-order valence-electron chi connectivity index (χ0n) is 18.1. The minimum absolute atomic E-state index is 0.0123. The number of nitriles is 1. The van der Waals surface area contributed by atoms with Crippen molar-refractivity contribution in [3.63, 3.8) is 0 Å². The number of benzene rings is 3. The van der Waals surface area contributed by atoms with E-state index < -0.39 is 10.8 Å². The number of nitro benzene ring substituents is 1. The number of nitrogens with one attached hydrogen (secondary N) is 1. The monoisotopic (exact) mass is 575 g/mol. The minimum Gasteiger partial charge on any atom is -0.493 e. The second-order valence-electron chi connectivity index (χ2n) is 6.99. The Morgan fingerprint density at radius 1 is 1.14 bits per heavy atom. The van der Waals surface area contributed by atoms with Gasteiger partial charge in [-0.15, -0.1) is 0 Å². The molecule has 178 valence electrons. The molecular weight excluding hydrogens is 561 g/mol. The highest BCUT2D eigenvalue weighted by atomic mass is 79.9. The summed E-state index contributed by atoms with van der Waals surface area (Å²) in [5.41, 5.74) is 1.45. The average Bonchev–Trinajstić information content (AvgIpc) is 2.84. The van der Waals surface area contributed by atoms with Gasteiger partial charge in [0, 0.05) is 22.3 Å². The number of nitrogens with zero attached hydrogens (tertiary/aromatic N) is 2. The van der Waals surface area contributed by atoms with Crippen molar-refractivity contribution in [1.82, 2.24) is 0 Å². The van der Waals surface area contributed by atoms with Crippen LogP contribution in [0.3, 0.4) is 0 Å². The maximum Gasteiger partial charge on any atom is 0.269 e. The molecule has 11 heteroatoms. The molecular formula is C24H16BrCl2N3O5. The Bertz CT molecular complexity index is 1350. The number of non-ortho nitro benzene ring substituents is 1. The molecule has 8 nitrogen and oxygen atoms in total. The number of ether oxygens (including phenoxy) is 2. The SMILES string of the molecule is COc1cc(/C=C(\C#N)C(=O)Nc2ccc(Cl)c(Cl)c2)c(Br)cc1OCc1ccc([N+](=O)[O-])cc1. The maximum absolute atomic E-state index is 12.6. The summed E-state index contributed by atoms with van der Waals surface area (Å²) in [7, 11) is 1.46. The number of hydrogen-bond acceptors (Lipinski definition) is 6. The normalized spacial score (nSPS) is 10.9. The van der Waals surface area contributed by atoms with Gasteiger partial charge in [-0.2, -0.15) is 5.26 Å². The average molecular weight is 577 g/mol. The number of methoxy groups -OCH3 is 1. The van der Waals surface area contributed by atoms with E-state index in [1.165, 1.54) is 37.5 Å². The van der Waals surface area contributed by atoms with Crippen LogP contribution >= 0.6 is 39.1 Å². The number of anilines is 1. The molecule has 1 N–H and O–H groups in total. The van der Waals surface area contributed by atoms with Gasteiger partial charge in [-0.3, -0.25) is 14.9 Å². The van der Waals surface area contributed by atoms with E-state index in [1.54, 1.807) is 30.3 Å². The summed E-state index contributed by atoms with van der Waals surface area (Å²) in [5, 5.41) is 23.5. The van der Waals surface area contributed by atoms with Crippen molar-refractivity contribution in [2.75, 3.05) is 12.4 Å². The van der Waals surface area contributed by atoms with Crippen molar-refractivity contribution >= 4 is 62.5 Å². The van der Waals surface area contributed by atoms with Crippen LogP contribution in [0.2, 0.25) is 10.0 Å². The van der Waals surface area contributed by atoms with Gasteiger partial charge < -0.3 is 14.8 Å². The molecule has 0 aromatic heterocycles. The smallest absolute Gasteiger partial charge is 0.269 e. The molecule has 3 aromatic rings. The van der Waals surface area contributed by atoms with Crippen LogP contribution in [0.15, 0.2) is 64.6 Å². The molecule has 0 radical (unpaired) electrons. The van der Waals surface area contributed by atoms with Crippen molar-refractivity contribution in [3.05, 3.63) is 95.9 Å². The summed E-state index contributed by atoms with van der Waals surface area (Å²) < 4.78 is 11.8. The van der Waals surface area contributed by atoms with Crippen LogP contribution in [0.5, 0.6) is 11.5 Å². The van der Waals surface area contributed by atoms with Crippen LogP contribution in [-0.4, -0.2) is 17.9 Å². The molecule has 0 atom stereocenters. The number of carbonyl (C=O) groups excluding carboxylic acids is 1. The first-order chi connectivity index (χ1) is 16.7. The highest BCUT2D eigenvalue weighted by molar-refractivity contribution is 9.10. The molecule has 0 aliphatic heterocycles. The maximum atomic E-state index is 12.6. The van der Waals surface area contributed by atoms with Gasteiger partial charge in [-0.05, 0) is 59.7 Å². The van der Waals surface area contributed by atoms with Crippen molar-refractivity contribution < 1.29 is 19.2 Å². The lowest BCUT2D eigenvalue weighted by Gasteiger charge is -2.13. The first-order valence-corrected chi connectivity index (χ1v) is 11.4. The van der Waals surface area contributed by atoms with Crippen molar-refractivity contribution in [2.45, 2.75) is 6.61 Å². The molecule has 0 unspecified atom stereocenters. The van der Waals surface area contributed by atoms with Gasteiger partial charge in [0.15, 0.2) is 11.5 Å². The first kappa shape index (κ1) is 26.0. The van der Waals surface area contributed by atoms with Crippen LogP contribution in [0.4, 0.5) is 11.4 Å². The van der Waals surface area contributed by atoms with E-state index in [0.717, 1.165) is 5.56 Å². The molecule has 0 heterocycles. The number of rotatable bonds is 8. The zero-order valence-corrected chi connectivity index (χ0v) is 21.1. The van der Waals surface area contributed by atoms with Gasteiger partial charge >= 0.3 is 0 Å². The third-order valence-electron chi connectivity index (χ3n) is 4.67. The molecule has 0 fully saturated rings. The summed E-state index contributed by atoms with van der Waals surface area (Å²) >= 11 is 15.3. The summed E-state index contributed by atoms with van der Waals surface area (Å²) in [6.07, 6.45) is 1.40. The summed E-state index contributed by atoms with van der Waals surface area (Å²) in [6.45, 7) is 0.144. The van der Waals surface area contributed by atoms with E-state index in [1.807, 2.05) is 6.07 Å². The predicted molar refractivity (Wildman–Crippen MR) is 137 cm³/mol. The lowest BCUT2D eigenvalue weighted by Crippen LogP contribution is -2.13. The zero-order chi connectivity index (χ0) is 25.5. The number of amides is 1. The second-order valence-corrected chi connectivity index (χ2v) is 8.66. The number of nitro groups is 1. The Kier molecular flexibility index (Phi) is 8.71. The lowest BCUT2D eigenvalue weighted by atomic mass is 10.1. The topological polar surface area (TPSA) is 114 Å². The number of halogens is 3. The lowest BCUT2D eigenvalue weighted by molar-refractivity contribution is -0.384. The van der Waals surface area contributed by atoms with E-state index in [4.69, 9.17) is 32.7 Å². The fourth-order valence-corrected chi connectivity index (χ4v) is 3.62. The minimum atomic E-state index is -0.629. The highest BCUT2D eigenvalue weighted by Crippen LogP contribution is 2.35. The summed E-state index contributed by atoms with van der Waals surface area (Å²) in [6, 6.07) is 15.7. The Balaban J connectivity index is 1.79. The molecule has 1 amide bonds. The number of hydrogen-bond donors (Lipinski definition) is 1. The number of carbonyl (C=O) groups is 1. The molecule has 0 aliphatic rings. The van der Waals surface area contributed by atoms with Gasteiger partial charge in [-0.25, -0.2) is 0 Å². The molecule has 0 saturated carbocycles. The summed E-state index contributed by atoms with van der Waals surface area (Å²) in [5.74, 6) is 0.132. The molecule has 3 aromatic carbocycles. The van der Waals surface area contributed by atoms with Gasteiger partial charge in [0.25, 0.3) is 11.6 Å². The Morgan fingerprint density at radius 2 is 1.86 bits per heavy atom. The summed E-state index contributed by atoms with van der Waals surface area (Å²) in [4.78, 5) is 22.9. The third-order valence-corrected chi connectivity index (χ3v) is 6.09. The highest BCUT2D eigenvalue weighted by Gasteiger charge is 2.15. The quantitative estimate of drug-likeness (QED) is 0.136. The fraction of sp³-hybridized carbons (Fsp3) is 0.0833. The first-order valence-electron chi connectivity index (χ1n) is 9.83. The van der Waals surface area contributed by atoms with Crippen LogP contribution in [0, 0.1) is 21.4 Å². The fourth-order valence-electron chi connectivity index (χ4n) is 2.89. The van der Waals surface area contributed by atoms with Crippen LogP contribution < -0.4 is 14.8 Å². The molecule has 0 spiro atoms. The standard InChI is InChI=1S/C24H16BrCl2N3O5/c1-34-22-9-15(8-16(12-28)24(31)29-17-4-7-20(26)21(27)10-17)19(25)11-23(22)35-13-14-2-5-18(6-3-14)30(32)33/h2-11H,13H2,1H3,(H,29,31)/b16-8+. The van der Waals surface area contributed by atoms with Gasteiger partial charge in [-0.1, -0.05) is 39.1 Å². The van der Waals surface area contributed by atoms with Gasteiger partial charge in [0.2, 0.25) is 0 Å². The van der Waals surface area contributed by atoms with Gasteiger partial charge in [0.05, 0.1) is 22.1 Å². The molecule has 3 rings (SSSR count). The Labute approximate surface area is 219 Å². The van der Waals surface area contributed by atoms with E-state index in [2.05, 4.69) is 21.2 Å². The van der Waals surface area contributed by atoms with E-state index in [9.17, 15) is 20.2 Å². The molecule has 0 aliphatic carbocycles.